The van der Waals surface area contributed by atoms with Crippen molar-refractivity contribution in [2.75, 3.05) is 0 Å². The zero-order chi connectivity index (χ0) is 13.2. The third-order valence-electron chi connectivity index (χ3n) is 4.49. The van der Waals surface area contributed by atoms with Crippen LogP contribution in [0.2, 0.25) is 0 Å². The maximum Gasteiger partial charge on any atom is 0.125 e. The molecule has 1 aliphatic carbocycles. The van der Waals surface area contributed by atoms with Gasteiger partial charge in [0.15, 0.2) is 0 Å². The van der Waals surface area contributed by atoms with Crippen LogP contribution in [-0.2, 0) is 0 Å². The van der Waals surface area contributed by atoms with E-state index in [1.807, 2.05) is 0 Å². The van der Waals surface area contributed by atoms with Gasteiger partial charge in [-0.25, -0.2) is 4.39 Å². The quantitative estimate of drug-likeness (QED) is 0.777. The Labute approximate surface area is 113 Å². The van der Waals surface area contributed by atoms with E-state index in [1.165, 1.54) is 50.7 Å². The lowest BCUT2D eigenvalue weighted by molar-refractivity contribution is 0.0294. The van der Waals surface area contributed by atoms with E-state index in [2.05, 4.69) is 0 Å². The molecule has 2 nitrogen and oxygen atoms in total. The molecule has 1 aromatic rings. The highest BCUT2D eigenvalue weighted by atomic mass is 19.1. The highest BCUT2D eigenvalue weighted by Gasteiger charge is 2.32. The lowest BCUT2D eigenvalue weighted by atomic mass is 9.87. The normalized spacial score (nSPS) is 28.3. The minimum Gasteiger partial charge on any atom is -0.490 e. The van der Waals surface area contributed by atoms with Crippen molar-refractivity contribution in [3.63, 3.8) is 0 Å². The van der Waals surface area contributed by atoms with Crippen LogP contribution >= 0.6 is 0 Å². The monoisotopic (exact) mass is 264 g/mol. The summed E-state index contributed by atoms with van der Waals surface area (Å²) in [5, 5.41) is 10.2. The van der Waals surface area contributed by atoms with Gasteiger partial charge >= 0.3 is 0 Å². The first-order chi connectivity index (χ1) is 9.24. The van der Waals surface area contributed by atoms with E-state index < -0.39 is 6.10 Å². The van der Waals surface area contributed by atoms with Crippen molar-refractivity contribution in [1.29, 1.82) is 0 Å². The van der Waals surface area contributed by atoms with Crippen LogP contribution in [0, 0.1) is 11.7 Å². The van der Waals surface area contributed by atoms with E-state index in [9.17, 15) is 9.50 Å². The molecule has 1 saturated carbocycles. The molecule has 1 aliphatic heterocycles. The molecule has 2 atom stereocenters. The highest BCUT2D eigenvalue weighted by Crippen LogP contribution is 2.40. The first-order valence-electron chi connectivity index (χ1n) is 7.38. The average Bonchev–Trinajstić information content (AvgIpc) is 2.68. The Morgan fingerprint density at radius 3 is 2.58 bits per heavy atom. The fraction of sp³-hybridized carbons (Fsp3) is 0.625. The van der Waals surface area contributed by atoms with Crippen LogP contribution in [0.25, 0.3) is 0 Å². The second-order valence-electron chi connectivity index (χ2n) is 5.84. The molecule has 0 bridgehead atoms. The van der Waals surface area contributed by atoms with E-state index >= 15 is 0 Å². The topological polar surface area (TPSA) is 29.5 Å². The van der Waals surface area contributed by atoms with Gasteiger partial charge in [-0.2, -0.15) is 0 Å². The van der Waals surface area contributed by atoms with Crippen LogP contribution in [-0.4, -0.2) is 11.2 Å². The zero-order valence-corrected chi connectivity index (χ0v) is 11.1. The first kappa shape index (κ1) is 12.9. The van der Waals surface area contributed by atoms with Crippen LogP contribution in [0.15, 0.2) is 18.2 Å². The minimum absolute atomic E-state index is 0.0889. The smallest absolute Gasteiger partial charge is 0.125 e. The number of fused-ring (bicyclic) bond motifs is 1. The molecule has 3 rings (SSSR count). The number of hydrogen-bond acceptors (Lipinski definition) is 2. The van der Waals surface area contributed by atoms with Crippen molar-refractivity contribution in [3.05, 3.63) is 29.6 Å². The Balaban J connectivity index is 1.78. The molecule has 1 fully saturated rings. The summed E-state index contributed by atoms with van der Waals surface area (Å²) in [6, 6.07) is 4.45. The molecule has 2 aliphatic rings. The van der Waals surface area contributed by atoms with E-state index in [1.54, 1.807) is 6.07 Å². The van der Waals surface area contributed by atoms with Crippen molar-refractivity contribution in [1.82, 2.24) is 0 Å². The molecule has 19 heavy (non-hydrogen) atoms. The van der Waals surface area contributed by atoms with Crippen LogP contribution < -0.4 is 4.74 Å². The number of rotatable bonds is 1. The summed E-state index contributed by atoms with van der Waals surface area (Å²) in [5.74, 6) is 0.888. The molecular weight excluding hydrogens is 243 g/mol. The molecule has 104 valence electrons. The number of hydrogen-bond donors (Lipinski definition) is 1. The van der Waals surface area contributed by atoms with Crippen LogP contribution in [0.5, 0.6) is 5.75 Å². The Bertz CT molecular complexity index is 438. The van der Waals surface area contributed by atoms with E-state index in [0.717, 1.165) is 0 Å². The second-order valence-corrected chi connectivity index (χ2v) is 5.84. The second kappa shape index (κ2) is 5.49. The van der Waals surface area contributed by atoms with Gasteiger partial charge in [0.05, 0.1) is 6.10 Å². The molecule has 0 spiro atoms. The molecule has 0 aromatic heterocycles. The van der Waals surface area contributed by atoms with Gasteiger partial charge in [0.2, 0.25) is 0 Å². The van der Waals surface area contributed by atoms with E-state index in [-0.39, 0.29) is 11.9 Å². The Hall–Kier alpha value is -1.09. The Kier molecular flexibility index (Phi) is 3.74. The number of aliphatic hydroxyl groups is 1. The molecule has 1 unspecified atom stereocenters. The van der Waals surface area contributed by atoms with Gasteiger partial charge in [-0.3, -0.25) is 0 Å². The van der Waals surface area contributed by atoms with Crippen molar-refractivity contribution in [2.45, 2.75) is 57.2 Å². The maximum absolute atomic E-state index is 13.2. The molecule has 0 amide bonds. The van der Waals surface area contributed by atoms with Crippen molar-refractivity contribution in [2.24, 2.45) is 5.92 Å². The summed E-state index contributed by atoms with van der Waals surface area (Å²) in [4.78, 5) is 0. The van der Waals surface area contributed by atoms with Gasteiger partial charge in [-0.05, 0) is 37.0 Å². The van der Waals surface area contributed by atoms with Crippen molar-refractivity contribution in [3.8, 4) is 5.75 Å². The number of aliphatic hydroxyl groups excluding tert-OH is 1. The van der Waals surface area contributed by atoms with Crippen molar-refractivity contribution < 1.29 is 14.2 Å². The summed E-state index contributed by atoms with van der Waals surface area (Å²) >= 11 is 0. The summed E-state index contributed by atoms with van der Waals surface area (Å²) < 4.78 is 19.2. The molecule has 1 N–H and O–H groups in total. The van der Waals surface area contributed by atoms with E-state index in [4.69, 9.17) is 4.74 Å². The van der Waals surface area contributed by atoms with Crippen LogP contribution in [0.4, 0.5) is 4.39 Å². The summed E-state index contributed by atoms with van der Waals surface area (Å²) in [6.07, 6.45) is 7.62. The SMILES string of the molecule is O[C@@H]1CC(C2CCCCCC2)Oc2ccc(F)cc21. The lowest BCUT2D eigenvalue weighted by Crippen LogP contribution is -2.32. The maximum atomic E-state index is 13.2. The van der Waals surface area contributed by atoms with Crippen molar-refractivity contribution >= 4 is 0 Å². The molecule has 0 radical (unpaired) electrons. The number of benzene rings is 1. The standard InChI is InChI=1S/C16H21FO2/c17-12-7-8-15-13(9-12)14(18)10-16(19-15)11-5-3-1-2-4-6-11/h7-9,11,14,16,18H,1-6,10H2/t14-,16?/m1/s1. The molecule has 0 saturated heterocycles. The fourth-order valence-electron chi connectivity index (χ4n) is 3.42. The predicted molar refractivity (Wildman–Crippen MR) is 71.6 cm³/mol. The van der Waals surface area contributed by atoms with Crippen LogP contribution in [0.1, 0.15) is 56.6 Å². The molecule has 1 aromatic carbocycles. The van der Waals surface area contributed by atoms with Gasteiger partial charge in [-0.1, -0.05) is 25.7 Å². The number of halogens is 1. The Morgan fingerprint density at radius 2 is 1.84 bits per heavy atom. The molecular formula is C16H21FO2. The predicted octanol–water partition coefficient (Wildman–Crippen LogP) is 3.98. The highest BCUT2D eigenvalue weighted by molar-refractivity contribution is 5.37. The summed E-state index contributed by atoms with van der Waals surface area (Å²) in [5.41, 5.74) is 0.602. The average molecular weight is 264 g/mol. The van der Waals surface area contributed by atoms with Crippen LogP contribution in [0.3, 0.4) is 0 Å². The molecule has 1 heterocycles. The first-order valence-corrected chi connectivity index (χ1v) is 7.38. The minimum atomic E-state index is -0.590. The lowest BCUT2D eigenvalue weighted by Gasteiger charge is -2.34. The van der Waals surface area contributed by atoms with Gasteiger partial charge in [0.25, 0.3) is 0 Å². The zero-order valence-electron chi connectivity index (χ0n) is 11.1. The van der Waals surface area contributed by atoms with Gasteiger partial charge in [-0.15, -0.1) is 0 Å². The number of ether oxygens (including phenoxy) is 1. The summed E-state index contributed by atoms with van der Waals surface area (Å²) in [6.45, 7) is 0. The third-order valence-corrected chi connectivity index (χ3v) is 4.49. The van der Waals surface area contributed by atoms with E-state index in [0.29, 0.717) is 23.7 Å². The largest absolute Gasteiger partial charge is 0.490 e. The van der Waals surface area contributed by atoms with Gasteiger partial charge in [0, 0.05) is 12.0 Å². The Morgan fingerprint density at radius 1 is 1.11 bits per heavy atom. The van der Waals surface area contributed by atoms with Gasteiger partial charge < -0.3 is 9.84 Å². The fourth-order valence-corrected chi connectivity index (χ4v) is 3.42. The molecule has 3 heteroatoms. The third kappa shape index (κ3) is 2.76. The van der Waals surface area contributed by atoms with Gasteiger partial charge in [0.1, 0.15) is 17.7 Å². The summed E-state index contributed by atoms with van der Waals surface area (Å²) in [7, 11) is 0.